The highest BCUT2D eigenvalue weighted by atomic mass is 15.3. The summed E-state index contributed by atoms with van der Waals surface area (Å²) in [5, 5.41) is 7.60. The SMILES string of the molecule is CC(CNCCN(C)C)n1cccn1. The predicted octanol–water partition coefficient (Wildman–Crippen LogP) is 0.595. The molecular formula is C10H20N4. The molecule has 4 nitrogen and oxygen atoms in total. The summed E-state index contributed by atoms with van der Waals surface area (Å²) in [6, 6.07) is 2.38. The highest BCUT2D eigenvalue weighted by molar-refractivity contribution is 4.80. The molecule has 1 atom stereocenters. The van der Waals surface area contributed by atoms with Gasteiger partial charge < -0.3 is 10.2 Å². The largest absolute Gasteiger partial charge is 0.313 e. The van der Waals surface area contributed by atoms with Gasteiger partial charge in [-0.3, -0.25) is 4.68 Å². The summed E-state index contributed by atoms with van der Waals surface area (Å²) in [5.41, 5.74) is 0. The molecule has 0 aliphatic carbocycles. The first kappa shape index (κ1) is 11.2. The zero-order valence-corrected chi connectivity index (χ0v) is 9.27. The molecule has 0 aromatic carbocycles. The highest BCUT2D eigenvalue weighted by Crippen LogP contribution is 2.00. The number of nitrogens with zero attached hydrogens (tertiary/aromatic N) is 3. The number of hydrogen-bond acceptors (Lipinski definition) is 3. The molecule has 80 valence electrons. The number of rotatable bonds is 6. The van der Waals surface area contributed by atoms with E-state index in [4.69, 9.17) is 0 Å². The predicted molar refractivity (Wildman–Crippen MR) is 58.4 cm³/mol. The van der Waals surface area contributed by atoms with Crippen molar-refractivity contribution in [1.29, 1.82) is 0 Å². The Kier molecular flexibility index (Phi) is 4.62. The summed E-state index contributed by atoms with van der Waals surface area (Å²) in [6.07, 6.45) is 3.81. The fourth-order valence-electron chi connectivity index (χ4n) is 1.25. The first-order chi connectivity index (χ1) is 6.70. The van der Waals surface area contributed by atoms with Gasteiger partial charge in [-0.1, -0.05) is 0 Å². The third kappa shape index (κ3) is 3.89. The summed E-state index contributed by atoms with van der Waals surface area (Å²) >= 11 is 0. The number of nitrogens with one attached hydrogen (secondary N) is 1. The molecule has 0 bridgehead atoms. The maximum Gasteiger partial charge on any atom is 0.0615 e. The molecule has 0 amide bonds. The van der Waals surface area contributed by atoms with Gasteiger partial charge >= 0.3 is 0 Å². The van der Waals surface area contributed by atoms with Gasteiger partial charge in [0.05, 0.1) is 6.04 Å². The molecule has 0 saturated heterocycles. The normalized spacial score (nSPS) is 13.4. The number of aromatic nitrogens is 2. The van der Waals surface area contributed by atoms with Gasteiger partial charge in [-0.05, 0) is 27.1 Å². The molecule has 0 aliphatic heterocycles. The van der Waals surface area contributed by atoms with Crippen molar-refractivity contribution in [2.45, 2.75) is 13.0 Å². The Morgan fingerprint density at radius 1 is 1.50 bits per heavy atom. The molecule has 14 heavy (non-hydrogen) atoms. The van der Waals surface area contributed by atoms with E-state index in [1.165, 1.54) is 0 Å². The zero-order chi connectivity index (χ0) is 10.4. The van der Waals surface area contributed by atoms with Crippen molar-refractivity contribution < 1.29 is 0 Å². The smallest absolute Gasteiger partial charge is 0.0615 e. The summed E-state index contributed by atoms with van der Waals surface area (Å²) in [4.78, 5) is 2.17. The van der Waals surface area contributed by atoms with E-state index in [0.29, 0.717) is 6.04 Å². The van der Waals surface area contributed by atoms with Crippen molar-refractivity contribution in [2.75, 3.05) is 33.7 Å². The lowest BCUT2D eigenvalue weighted by atomic mass is 10.3. The molecule has 1 aromatic heterocycles. The van der Waals surface area contributed by atoms with Gasteiger partial charge in [0.1, 0.15) is 0 Å². The van der Waals surface area contributed by atoms with E-state index < -0.39 is 0 Å². The van der Waals surface area contributed by atoms with Crippen LogP contribution < -0.4 is 5.32 Å². The van der Waals surface area contributed by atoms with Gasteiger partial charge in [-0.15, -0.1) is 0 Å². The molecule has 0 fully saturated rings. The second-order valence-corrected chi connectivity index (χ2v) is 3.84. The molecule has 0 saturated carbocycles. The Labute approximate surface area is 85.9 Å². The van der Waals surface area contributed by atoms with Crippen LogP contribution in [0.5, 0.6) is 0 Å². The van der Waals surface area contributed by atoms with Crippen LogP contribution in [0.3, 0.4) is 0 Å². The molecule has 1 aromatic rings. The lowest BCUT2D eigenvalue weighted by Gasteiger charge is -2.14. The quantitative estimate of drug-likeness (QED) is 0.676. The van der Waals surface area contributed by atoms with E-state index in [9.17, 15) is 0 Å². The van der Waals surface area contributed by atoms with Crippen LogP contribution in [0, 0.1) is 0 Å². The average Bonchev–Trinajstić information content (AvgIpc) is 2.64. The Morgan fingerprint density at radius 2 is 2.29 bits per heavy atom. The molecule has 0 spiro atoms. The van der Waals surface area contributed by atoms with Gasteiger partial charge in [0, 0.05) is 32.0 Å². The van der Waals surface area contributed by atoms with Crippen LogP contribution in [0.1, 0.15) is 13.0 Å². The van der Waals surface area contributed by atoms with Gasteiger partial charge in [0.25, 0.3) is 0 Å². The van der Waals surface area contributed by atoms with Crippen molar-refractivity contribution in [3.8, 4) is 0 Å². The fourth-order valence-corrected chi connectivity index (χ4v) is 1.25. The van der Waals surface area contributed by atoms with Gasteiger partial charge in [0.15, 0.2) is 0 Å². The van der Waals surface area contributed by atoms with Crippen LogP contribution in [0.2, 0.25) is 0 Å². The summed E-state index contributed by atoms with van der Waals surface area (Å²) in [7, 11) is 4.16. The van der Waals surface area contributed by atoms with E-state index in [1.807, 2.05) is 23.1 Å². The van der Waals surface area contributed by atoms with E-state index in [-0.39, 0.29) is 0 Å². The molecular weight excluding hydrogens is 176 g/mol. The Hall–Kier alpha value is -0.870. The van der Waals surface area contributed by atoms with Crippen molar-refractivity contribution in [3.63, 3.8) is 0 Å². The van der Waals surface area contributed by atoms with Crippen molar-refractivity contribution in [2.24, 2.45) is 0 Å². The average molecular weight is 196 g/mol. The second kappa shape index (κ2) is 5.78. The van der Waals surface area contributed by atoms with E-state index in [1.54, 1.807) is 0 Å². The molecule has 1 N–H and O–H groups in total. The lowest BCUT2D eigenvalue weighted by molar-refractivity contribution is 0.383. The Bertz CT molecular complexity index is 230. The van der Waals surface area contributed by atoms with E-state index in [0.717, 1.165) is 19.6 Å². The molecule has 0 aliphatic rings. The monoisotopic (exact) mass is 196 g/mol. The molecule has 4 heteroatoms. The Balaban J connectivity index is 2.13. The second-order valence-electron chi connectivity index (χ2n) is 3.84. The standard InChI is InChI=1S/C10H20N4/c1-10(14-7-4-5-12-14)9-11-6-8-13(2)3/h4-5,7,10-11H,6,8-9H2,1-3H3. The summed E-state index contributed by atoms with van der Waals surface area (Å²) < 4.78 is 1.97. The topological polar surface area (TPSA) is 33.1 Å². The third-order valence-electron chi connectivity index (χ3n) is 2.15. The van der Waals surface area contributed by atoms with Crippen LogP contribution in [0.25, 0.3) is 0 Å². The third-order valence-corrected chi connectivity index (χ3v) is 2.15. The van der Waals surface area contributed by atoms with Crippen LogP contribution in [0.15, 0.2) is 18.5 Å². The Morgan fingerprint density at radius 3 is 2.86 bits per heavy atom. The first-order valence-electron chi connectivity index (χ1n) is 5.04. The van der Waals surface area contributed by atoms with Crippen molar-refractivity contribution in [3.05, 3.63) is 18.5 Å². The highest BCUT2D eigenvalue weighted by Gasteiger charge is 2.02. The van der Waals surface area contributed by atoms with Gasteiger partial charge in [0.2, 0.25) is 0 Å². The van der Waals surface area contributed by atoms with Crippen LogP contribution in [-0.2, 0) is 0 Å². The number of likely N-dealkylation sites (N-methyl/N-ethyl adjacent to an activating group) is 1. The van der Waals surface area contributed by atoms with E-state index in [2.05, 4.69) is 36.3 Å². The van der Waals surface area contributed by atoms with Crippen LogP contribution in [-0.4, -0.2) is 48.4 Å². The maximum atomic E-state index is 4.20. The molecule has 1 rings (SSSR count). The lowest BCUT2D eigenvalue weighted by Crippen LogP contribution is -2.30. The van der Waals surface area contributed by atoms with Crippen molar-refractivity contribution >= 4 is 0 Å². The minimum absolute atomic E-state index is 0.423. The van der Waals surface area contributed by atoms with Gasteiger partial charge in [-0.25, -0.2) is 0 Å². The molecule has 1 heterocycles. The zero-order valence-electron chi connectivity index (χ0n) is 9.27. The van der Waals surface area contributed by atoms with Crippen LogP contribution >= 0.6 is 0 Å². The summed E-state index contributed by atoms with van der Waals surface area (Å²) in [6.45, 7) is 5.23. The minimum atomic E-state index is 0.423. The first-order valence-corrected chi connectivity index (χ1v) is 5.04. The maximum absolute atomic E-state index is 4.20. The number of hydrogen-bond donors (Lipinski definition) is 1. The molecule has 1 unspecified atom stereocenters. The minimum Gasteiger partial charge on any atom is -0.313 e. The summed E-state index contributed by atoms with van der Waals surface area (Å²) in [5.74, 6) is 0. The van der Waals surface area contributed by atoms with E-state index >= 15 is 0 Å². The van der Waals surface area contributed by atoms with Crippen molar-refractivity contribution in [1.82, 2.24) is 20.0 Å². The van der Waals surface area contributed by atoms with Crippen LogP contribution in [0.4, 0.5) is 0 Å². The fraction of sp³-hybridized carbons (Fsp3) is 0.700. The van der Waals surface area contributed by atoms with Gasteiger partial charge in [-0.2, -0.15) is 5.10 Å². The molecule has 0 radical (unpaired) electrons.